The van der Waals surface area contributed by atoms with Crippen LogP contribution < -0.4 is 0 Å². The van der Waals surface area contributed by atoms with Crippen molar-refractivity contribution >= 4 is 19.8 Å². The van der Waals surface area contributed by atoms with Crippen LogP contribution in [0.15, 0.2) is 194 Å². The van der Waals surface area contributed by atoms with Crippen molar-refractivity contribution in [2.75, 3.05) is 47.5 Å². The Morgan fingerprint density at radius 1 is 0.292 bits per heavy atom. The summed E-state index contributed by atoms with van der Waals surface area (Å²) in [5, 5.41) is 0. The monoisotopic (exact) mass is 1490 g/mol. The van der Waals surface area contributed by atoms with Crippen molar-refractivity contribution in [3.05, 3.63) is 194 Å². The molecule has 0 rings (SSSR count). The second-order valence-corrected chi connectivity index (χ2v) is 30.9. The lowest BCUT2D eigenvalue weighted by atomic mass is 10.0. The van der Waals surface area contributed by atoms with Crippen LogP contribution in [-0.4, -0.2) is 74.9 Å². The van der Waals surface area contributed by atoms with Gasteiger partial charge in [0.05, 0.1) is 27.7 Å². The molecule has 0 amide bonds. The molecule has 0 aliphatic heterocycles. The summed E-state index contributed by atoms with van der Waals surface area (Å²) in [5.41, 5.74) is 0. The van der Waals surface area contributed by atoms with Gasteiger partial charge < -0.3 is 18.9 Å². The molecule has 10 heteroatoms. The standard InChI is InChI=1S/C96H160NO8P/c1-6-8-10-12-14-16-18-20-22-24-26-28-30-32-34-36-38-40-42-44-46-48-50-52-54-56-58-60-62-64-66-68-70-72-74-76-78-80-82-84-86-88-95(98)102-92-94(93-104-106(100,101)103-91-90-97(3,4)5)105-96(99)89-87-85-83-81-79-77-75-73-71-69-67-65-63-61-59-57-55-53-51-49-47-45-43-41-39-37-35-33-31-29-27-25-23-21-19-17-15-13-11-9-7-2/h8-11,14-17,20-23,26-29,32-35,39,41,45,47,51,53,57,59,63,65,69,71,94H,6-7,12-13,18-19,24-25,30-31,36-38,40,42-44,46,48-50,52,54-56,58,60-62,64,66-68,70,72-93H2,1-5H3/p+1/b10-8-,11-9-,16-14-,17-15-,22-20-,23-21-,28-26-,29-27-,34-32-,35-33-,41-39-,47-45-,53-51-,59-57-,65-63-,71-69-. The van der Waals surface area contributed by atoms with Crippen LogP contribution >= 0.6 is 7.82 Å². The van der Waals surface area contributed by atoms with E-state index >= 15 is 0 Å². The van der Waals surface area contributed by atoms with Crippen LogP contribution in [0.4, 0.5) is 0 Å². The van der Waals surface area contributed by atoms with Gasteiger partial charge in [-0.1, -0.05) is 388 Å². The van der Waals surface area contributed by atoms with E-state index < -0.39 is 26.5 Å². The lowest BCUT2D eigenvalue weighted by Gasteiger charge is -2.24. The zero-order chi connectivity index (χ0) is 76.8. The van der Waals surface area contributed by atoms with Crippen molar-refractivity contribution in [2.45, 2.75) is 354 Å². The normalized spacial score (nSPS) is 14.0. The molecule has 0 saturated heterocycles. The highest BCUT2D eigenvalue weighted by Crippen LogP contribution is 2.43. The summed E-state index contributed by atoms with van der Waals surface area (Å²) in [6.45, 7) is 4.21. The summed E-state index contributed by atoms with van der Waals surface area (Å²) in [6, 6.07) is 0. The van der Waals surface area contributed by atoms with Gasteiger partial charge in [0, 0.05) is 12.8 Å². The summed E-state index contributed by atoms with van der Waals surface area (Å²) in [7, 11) is 1.46. The molecule has 0 aliphatic rings. The Kier molecular flexibility index (Phi) is 79.8. The maximum atomic E-state index is 12.9. The molecule has 0 radical (unpaired) electrons. The van der Waals surface area contributed by atoms with Crippen LogP contribution in [0, 0.1) is 0 Å². The first-order valence-corrected chi connectivity index (χ1v) is 44.7. The number of carbonyl (C=O) groups is 2. The molecule has 0 aliphatic carbocycles. The highest BCUT2D eigenvalue weighted by Gasteiger charge is 2.27. The molecule has 602 valence electrons. The molecule has 0 bridgehead atoms. The van der Waals surface area contributed by atoms with Crippen molar-refractivity contribution in [3.8, 4) is 0 Å². The molecule has 0 saturated carbocycles. The quantitative estimate of drug-likeness (QED) is 0.0211. The number of hydrogen-bond donors (Lipinski definition) is 1. The third kappa shape index (κ3) is 87.8. The van der Waals surface area contributed by atoms with Crippen LogP contribution in [0.2, 0.25) is 0 Å². The van der Waals surface area contributed by atoms with E-state index in [9.17, 15) is 19.0 Å². The molecule has 1 N–H and O–H groups in total. The molecule has 106 heavy (non-hydrogen) atoms. The van der Waals surface area contributed by atoms with Crippen LogP contribution in [0.5, 0.6) is 0 Å². The molecule has 0 heterocycles. The van der Waals surface area contributed by atoms with Crippen LogP contribution in [-0.2, 0) is 32.7 Å². The Balaban J connectivity index is 4.00. The van der Waals surface area contributed by atoms with E-state index in [0.29, 0.717) is 17.4 Å². The Bertz CT molecular complexity index is 2510. The number of rotatable bonds is 78. The lowest BCUT2D eigenvalue weighted by Crippen LogP contribution is -2.37. The zero-order valence-electron chi connectivity index (χ0n) is 68.8. The van der Waals surface area contributed by atoms with E-state index in [-0.39, 0.29) is 32.0 Å². The first kappa shape index (κ1) is 101. The number of phosphoric acid groups is 1. The number of likely N-dealkylation sites (N-methyl/N-ethyl adjacent to an activating group) is 1. The number of quaternary nitrogens is 1. The Morgan fingerprint density at radius 2 is 0.509 bits per heavy atom. The van der Waals surface area contributed by atoms with E-state index in [1.54, 1.807) is 0 Å². The number of ether oxygens (including phenoxy) is 2. The van der Waals surface area contributed by atoms with Gasteiger partial charge in [-0.25, -0.2) is 4.57 Å². The maximum absolute atomic E-state index is 12.9. The largest absolute Gasteiger partial charge is 0.472 e. The number of allylic oxidation sites excluding steroid dienone is 32. The van der Waals surface area contributed by atoms with Crippen molar-refractivity contribution in [2.24, 2.45) is 0 Å². The molecular formula is C96H161NO8P+. The van der Waals surface area contributed by atoms with Crippen molar-refractivity contribution in [3.63, 3.8) is 0 Å². The third-order valence-corrected chi connectivity index (χ3v) is 19.1. The molecule has 0 aromatic heterocycles. The minimum Gasteiger partial charge on any atom is -0.462 e. The smallest absolute Gasteiger partial charge is 0.462 e. The number of hydrogen-bond acceptors (Lipinski definition) is 7. The van der Waals surface area contributed by atoms with Gasteiger partial charge in [0.1, 0.15) is 19.8 Å². The Hall–Kier alpha value is -5.15. The molecular weight excluding hydrogens is 1330 g/mol. The number of esters is 2. The predicted octanol–water partition coefficient (Wildman–Crippen LogP) is 29.5. The van der Waals surface area contributed by atoms with E-state index in [4.69, 9.17) is 18.5 Å². The van der Waals surface area contributed by atoms with Gasteiger partial charge in [-0.3, -0.25) is 18.6 Å². The van der Waals surface area contributed by atoms with E-state index in [1.807, 2.05) is 21.1 Å². The third-order valence-electron chi connectivity index (χ3n) is 18.1. The fraction of sp³-hybridized carbons (Fsp3) is 0.646. The summed E-state index contributed by atoms with van der Waals surface area (Å²) < 4.78 is 34.8. The second kappa shape index (κ2) is 83.9. The minimum absolute atomic E-state index is 0.0224. The van der Waals surface area contributed by atoms with Crippen LogP contribution in [0.3, 0.4) is 0 Å². The van der Waals surface area contributed by atoms with Crippen LogP contribution in [0.25, 0.3) is 0 Å². The topological polar surface area (TPSA) is 108 Å². The van der Waals surface area contributed by atoms with Gasteiger partial charge in [0.25, 0.3) is 0 Å². The van der Waals surface area contributed by atoms with Crippen molar-refractivity contribution in [1.82, 2.24) is 0 Å². The van der Waals surface area contributed by atoms with E-state index in [2.05, 4.69) is 208 Å². The second-order valence-electron chi connectivity index (χ2n) is 29.5. The highest BCUT2D eigenvalue weighted by molar-refractivity contribution is 7.47. The Morgan fingerprint density at radius 3 is 0.755 bits per heavy atom. The fourth-order valence-electron chi connectivity index (χ4n) is 11.6. The van der Waals surface area contributed by atoms with Gasteiger partial charge in [-0.15, -0.1) is 0 Å². The summed E-state index contributed by atoms with van der Waals surface area (Å²) in [5.74, 6) is -0.808. The predicted molar refractivity (Wildman–Crippen MR) is 463 cm³/mol. The molecule has 0 spiro atoms. The Labute approximate surface area is 653 Å². The van der Waals surface area contributed by atoms with E-state index in [0.717, 1.165) is 148 Å². The molecule has 0 fully saturated rings. The van der Waals surface area contributed by atoms with Gasteiger partial charge in [0.15, 0.2) is 6.10 Å². The van der Waals surface area contributed by atoms with Crippen molar-refractivity contribution in [1.29, 1.82) is 0 Å². The molecule has 2 atom stereocenters. The number of unbranched alkanes of at least 4 members (excludes halogenated alkanes) is 32. The summed E-state index contributed by atoms with van der Waals surface area (Å²) >= 11 is 0. The highest BCUT2D eigenvalue weighted by atomic mass is 31.2. The van der Waals surface area contributed by atoms with Crippen LogP contribution in [0.1, 0.15) is 348 Å². The first-order valence-electron chi connectivity index (χ1n) is 43.2. The average molecular weight is 1490 g/mol. The number of nitrogens with zero attached hydrogens (tertiary/aromatic N) is 1. The van der Waals surface area contributed by atoms with Gasteiger partial charge >= 0.3 is 19.8 Å². The summed E-state index contributed by atoms with van der Waals surface area (Å²) in [6.07, 6.45) is 130. The summed E-state index contributed by atoms with van der Waals surface area (Å²) in [4.78, 5) is 36.0. The lowest BCUT2D eigenvalue weighted by molar-refractivity contribution is -0.870. The van der Waals surface area contributed by atoms with E-state index in [1.165, 1.54) is 167 Å². The van der Waals surface area contributed by atoms with Crippen molar-refractivity contribution < 1.29 is 42.1 Å². The van der Waals surface area contributed by atoms with Gasteiger partial charge in [-0.2, -0.15) is 0 Å². The van der Waals surface area contributed by atoms with Gasteiger partial charge in [-0.05, 0) is 141 Å². The molecule has 0 aromatic rings. The number of carbonyl (C=O) groups excluding carboxylic acids is 2. The molecule has 0 aromatic carbocycles. The minimum atomic E-state index is -4.41. The molecule has 2 unspecified atom stereocenters. The zero-order valence-corrected chi connectivity index (χ0v) is 69.7. The molecule has 9 nitrogen and oxygen atoms in total. The average Bonchev–Trinajstić information content (AvgIpc) is 0.908. The van der Waals surface area contributed by atoms with Gasteiger partial charge in [0.2, 0.25) is 0 Å². The number of phosphoric ester groups is 1. The SMILES string of the molecule is CC/C=C\C/C=C\C/C=C\C/C=C\C/C=C\C/C=C\C/C=C\C/C=C\C/C=C\C/C=C\C/C=C\CCCCCCCCCC(=O)OC(COC(=O)CCCCCCCCCCCCCCCCCCCCCCCCCCC/C=C\C/C=C\C/C=C\C/C=C\C/C=C\CC)COP(=O)(O)OCC[N+](C)(C)C. The maximum Gasteiger partial charge on any atom is 0.472 e. The first-order chi connectivity index (χ1) is 52.0. The fourth-order valence-corrected chi connectivity index (χ4v) is 12.4.